The van der Waals surface area contributed by atoms with Gasteiger partial charge in [0.05, 0.1) is 0 Å². The van der Waals surface area contributed by atoms with Crippen LogP contribution in [0.3, 0.4) is 0 Å². The minimum atomic E-state index is -1.01. The largest absolute Gasteiger partial charge is 0.480 e. The normalized spacial score (nSPS) is 11.9. The van der Waals surface area contributed by atoms with Crippen LogP contribution in [0.5, 0.6) is 11.5 Å². The molecule has 2 aromatic rings. The number of nitrogens with two attached hydrogens (primary N) is 1. The molecule has 3 N–H and O–H groups in total. The zero-order chi connectivity index (χ0) is 14.5. The van der Waals surface area contributed by atoms with Gasteiger partial charge in [-0.3, -0.25) is 4.79 Å². The van der Waals surface area contributed by atoms with Gasteiger partial charge in [-0.15, -0.1) is 0 Å². The molecule has 0 saturated carbocycles. The van der Waals surface area contributed by atoms with Gasteiger partial charge < -0.3 is 15.6 Å². The number of carbonyl (C=O) groups is 1. The third kappa shape index (κ3) is 3.98. The van der Waals surface area contributed by atoms with E-state index in [1.54, 1.807) is 48.5 Å². The fourth-order valence-electron chi connectivity index (χ4n) is 1.67. The lowest BCUT2D eigenvalue weighted by molar-refractivity contribution is -0.138. The van der Waals surface area contributed by atoms with Crippen LogP contribution in [0, 0.1) is 0 Å². The molecule has 0 aliphatic heterocycles. The van der Waals surface area contributed by atoms with Gasteiger partial charge >= 0.3 is 5.97 Å². The van der Waals surface area contributed by atoms with Gasteiger partial charge in [0.25, 0.3) is 0 Å². The van der Waals surface area contributed by atoms with Gasteiger partial charge in [0.1, 0.15) is 17.5 Å². The van der Waals surface area contributed by atoms with E-state index >= 15 is 0 Å². The number of halogens is 1. The lowest BCUT2D eigenvalue weighted by Gasteiger charge is -2.08. The molecule has 0 spiro atoms. The predicted molar refractivity (Wildman–Crippen MR) is 77.3 cm³/mol. The van der Waals surface area contributed by atoms with E-state index in [9.17, 15) is 4.79 Å². The second-order valence-corrected chi connectivity index (χ2v) is 4.79. The summed E-state index contributed by atoms with van der Waals surface area (Å²) in [5.74, 6) is 0.343. The van der Waals surface area contributed by atoms with Gasteiger partial charge in [-0.1, -0.05) is 23.7 Å². The van der Waals surface area contributed by atoms with Crippen molar-refractivity contribution in [3.63, 3.8) is 0 Å². The topological polar surface area (TPSA) is 72.5 Å². The molecule has 4 nitrogen and oxygen atoms in total. The van der Waals surface area contributed by atoms with Crippen molar-refractivity contribution in [3.8, 4) is 11.5 Å². The molecule has 20 heavy (non-hydrogen) atoms. The highest BCUT2D eigenvalue weighted by Gasteiger charge is 2.11. The minimum Gasteiger partial charge on any atom is -0.480 e. The average Bonchev–Trinajstić information content (AvgIpc) is 2.43. The van der Waals surface area contributed by atoms with Crippen LogP contribution in [0.1, 0.15) is 5.56 Å². The van der Waals surface area contributed by atoms with E-state index < -0.39 is 12.0 Å². The first-order valence-electron chi connectivity index (χ1n) is 6.05. The first-order valence-corrected chi connectivity index (χ1v) is 6.43. The molecule has 0 bridgehead atoms. The molecule has 5 heteroatoms. The van der Waals surface area contributed by atoms with E-state index in [0.29, 0.717) is 16.5 Å². The Morgan fingerprint density at radius 2 is 1.60 bits per heavy atom. The van der Waals surface area contributed by atoms with Gasteiger partial charge in [-0.25, -0.2) is 0 Å². The number of aliphatic carboxylic acids is 1. The van der Waals surface area contributed by atoms with Gasteiger partial charge in [-0.05, 0) is 48.4 Å². The summed E-state index contributed by atoms with van der Waals surface area (Å²) in [7, 11) is 0. The summed E-state index contributed by atoms with van der Waals surface area (Å²) in [4.78, 5) is 10.7. The molecule has 2 aromatic carbocycles. The van der Waals surface area contributed by atoms with E-state index in [0.717, 1.165) is 5.56 Å². The SMILES string of the molecule is NC(Cc1ccc(Oc2ccc(Cl)cc2)cc1)C(=O)O. The Bertz CT molecular complexity index is 581. The molecule has 0 heterocycles. The zero-order valence-electron chi connectivity index (χ0n) is 10.6. The van der Waals surface area contributed by atoms with E-state index in [1.165, 1.54) is 0 Å². The number of carboxylic acids is 1. The molecule has 0 amide bonds. The van der Waals surface area contributed by atoms with Gasteiger partial charge in [0, 0.05) is 5.02 Å². The fourth-order valence-corrected chi connectivity index (χ4v) is 1.80. The molecule has 1 atom stereocenters. The molecular weight excluding hydrogens is 278 g/mol. The van der Waals surface area contributed by atoms with Crippen LogP contribution >= 0.6 is 11.6 Å². The molecule has 0 radical (unpaired) electrons. The number of rotatable bonds is 5. The highest BCUT2D eigenvalue weighted by molar-refractivity contribution is 6.30. The van der Waals surface area contributed by atoms with Crippen LogP contribution in [-0.4, -0.2) is 17.1 Å². The van der Waals surface area contributed by atoms with Crippen LogP contribution in [0.2, 0.25) is 5.02 Å². The van der Waals surface area contributed by atoms with Crippen molar-refractivity contribution < 1.29 is 14.6 Å². The second-order valence-electron chi connectivity index (χ2n) is 4.35. The molecule has 0 aliphatic carbocycles. The molecule has 104 valence electrons. The molecule has 0 aliphatic rings. The van der Waals surface area contributed by atoms with Crippen molar-refractivity contribution in [3.05, 3.63) is 59.1 Å². The summed E-state index contributed by atoms with van der Waals surface area (Å²) in [5.41, 5.74) is 6.33. The van der Waals surface area contributed by atoms with E-state index in [-0.39, 0.29) is 6.42 Å². The maximum absolute atomic E-state index is 10.7. The molecule has 0 aromatic heterocycles. The summed E-state index contributed by atoms with van der Waals surface area (Å²) < 4.78 is 5.63. The Labute approximate surface area is 121 Å². The number of benzene rings is 2. The van der Waals surface area contributed by atoms with E-state index in [1.807, 2.05) is 0 Å². The van der Waals surface area contributed by atoms with Crippen molar-refractivity contribution in [2.45, 2.75) is 12.5 Å². The maximum atomic E-state index is 10.7. The van der Waals surface area contributed by atoms with Crippen LogP contribution in [0.15, 0.2) is 48.5 Å². The summed E-state index contributed by atoms with van der Waals surface area (Å²) >= 11 is 5.79. The van der Waals surface area contributed by atoms with Crippen LogP contribution in [0.25, 0.3) is 0 Å². The second kappa shape index (κ2) is 6.41. The predicted octanol–water partition coefficient (Wildman–Crippen LogP) is 3.09. The third-order valence-electron chi connectivity index (χ3n) is 2.75. The first-order chi connectivity index (χ1) is 9.54. The smallest absolute Gasteiger partial charge is 0.320 e. The van der Waals surface area contributed by atoms with E-state index in [2.05, 4.69) is 0 Å². The van der Waals surface area contributed by atoms with Crippen molar-refractivity contribution in [1.82, 2.24) is 0 Å². The quantitative estimate of drug-likeness (QED) is 0.888. The number of hydrogen-bond acceptors (Lipinski definition) is 3. The van der Waals surface area contributed by atoms with Crippen molar-refractivity contribution in [2.24, 2.45) is 5.73 Å². The zero-order valence-corrected chi connectivity index (χ0v) is 11.4. The lowest BCUT2D eigenvalue weighted by Crippen LogP contribution is -2.32. The van der Waals surface area contributed by atoms with Crippen molar-refractivity contribution in [2.75, 3.05) is 0 Å². The standard InChI is InChI=1S/C15H14ClNO3/c16-11-3-7-13(8-4-11)20-12-5-1-10(2-6-12)9-14(17)15(18)19/h1-8,14H,9,17H2,(H,18,19). The van der Waals surface area contributed by atoms with Gasteiger partial charge in [0.2, 0.25) is 0 Å². The number of hydrogen-bond donors (Lipinski definition) is 2. The van der Waals surface area contributed by atoms with Gasteiger partial charge in [0.15, 0.2) is 0 Å². The Morgan fingerprint density at radius 3 is 2.10 bits per heavy atom. The summed E-state index contributed by atoms with van der Waals surface area (Å²) in [6.45, 7) is 0. The van der Waals surface area contributed by atoms with Crippen molar-refractivity contribution in [1.29, 1.82) is 0 Å². The Morgan fingerprint density at radius 1 is 1.10 bits per heavy atom. The molecule has 0 fully saturated rings. The third-order valence-corrected chi connectivity index (χ3v) is 3.00. The Balaban J connectivity index is 2.01. The highest BCUT2D eigenvalue weighted by Crippen LogP contribution is 2.23. The van der Waals surface area contributed by atoms with Crippen molar-refractivity contribution >= 4 is 17.6 Å². The van der Waals surface area contributed by atoms with Crippen LogP contribution < -0.4 is 10.5 Å². The highest BCUT2D eigenvalue weighted by atomic mass is 35.5. The lowest BCUT2D eigenvalue weighted by atomic mass is 10.1. The monoisotopic (exact) mass is 291 g/mol. The summed E-state index contributed by atoms with van der Waals surface area (Å²) in [6.07, 6.45) is 0.288. The van der Waals surface area contributed by atoms with E-state index in [4.69, 9.17) is 27.2 Å². The van der Waals surface area contributed by atoms with Crippen LogP contribution in [-0.2, 0) is 11.2 Å². The first kappa shape index (κ1) is 14.4. The molecule has 1 unspecified atom stereocenters. The summed E-state index contributed by atoms with van der Waals surface area (Å²) in [5, 5.41) is 9.40. The van der Waals surface area contributed by atoms with Crippen LogP contribution in [0.4, 0.5) is 0 Å². The maximum Gasteiger partial charge on any atom is 0.320 e. The average molecular weight is 292 g/mol. The molecule has 0 saturated heterocycles. The fraction of sp³-hybridized carbons (Fsp3) is 0.133. The Kier molecular flexibility index (Phi) is 4.61. The molecular formula is C15H14ClNO3. The summed E-state index contributed by atoms with van der Waals surface area (Å²) in [6, 6.07) is 13.3. The number of carboxylic acid groups (broad SMARTS) is 1. The number of ether oxygens (including phenoxy) is 1. The van der Waals surface area contributed by atoms with Gasteiger partial charge in [-0.2, -0.15) is 0 Å². The molecule has 2 rings (SSSR count). The Hall–Kier alpha value is -2.04. The minimum absolute atomic E-state index is 0.288.